The molecule has 0 radical (unpaired) electrons. The lowest BCUT2D eigenvalue weighted by Gasteiger charge is -2.20. The van der Waals surface area contributed by atoms with Crippen molar-refractivity contribution in [2.45, 2.75) is 26.7 Å². The van der Waals surface area contributed by atoms with Gasteiger partial charge in [-0.15, -0.1) is 0 Å². The highest BCUT2D eigenvalue weighted by atomic mass is 16.5. The summed E-state index contributed by atoms with van der Waals surface area (Å²) in [4.78, 5) is 49.0. The number of hydrogen-bond acceptors (Lipinski definition) is 6. The molecule has 0 N–H and O–H groups in total. The van der Waals surface area contributed by atoms with Gasteiger partial charge in [0.05, 0.1) is 26.1 Å². The fourth-order valence-corrected chi connectivity index (χ4v) is 2.56. The number of ether oxygens (including phenoxy) is 2. The first-order valence-corrected chi connectivity index (χ1v) is 7.71. The third kappa shape index (κ3) is 3.59. The monoisotopic (exact) mass is 330 g/mol. The van der Waals surface area contributed by atoms with E-state index < -0.39 is 23.5 Å². The summed E-state index contributed by atoms with van der Waals surface area (Å²) in [5.74, 6) is -2.10. The van der Waals surface area contributed by atoms with Crippen molar-refractivity contribution in [2.75, 3.05) is 13.2 Å². The van der Waals surface area contributed by atoms with Crippen molar-refractivity contribution in [3.05, 3.63) is 46.5 Å². The molecule has 126 valence electrons. The van der Waals surface area contributed by atoms with Crippen molar-refractivity contribution in [1.82, 2.24) is 0 Å². The van der Waals surface area contributed by atoms with Crippen LogP contribution in [0.15, 0.2) is 35.4 Å². The second-order valence-corrected chi connectivity index (χ2v) is 5.12. The Labute approximate surface area is 139 Å². The number of carbonyl (C=O) groups is 4. The summed E-state index contributed by atoms with van der Waals surface area (Å²) in [5.41, 5.74) is 0.472. The van der Waals surface area contributed by atoms with Crippen LogP contribution in [-0.2, 0) is 19.1 Å². The Morgan fingerprint density at radius 1 is 0.792 bits per heavy atom. The minimum atomic E-state index is -0.616. The number of esters is 2. The quantitative estimate of drug-likeness (QED) is 0.744. The molecule has 6 nitrogen and oxygen atoms in total. The molecule has 0 amide bonds. The Hall–Kier alpha value is -2.76. The Kier molecular flexibility index (Phi) is 5.63. The van der Waals surface area contributed by atoms with Crippen molar-refractivity contribution in [1.29, 1.82) is 0 Å². The molecule has 24 heavy (non-hydrogen) atoms. The maximum atomic E-state index is 12.7. The normalized spacial score (nSPS) is 13.6. The van der Waals surface area contributed by atoms with Gasteiger partial charge in [-0.25, -0.2) is 0 Å². The first kappa shape index (κ1) is 17.6. The van der Waals surface area contributed by atoms with Gasteiger partial charge in [0, 0.05) is 22.3 Å². The first-order valence-electron chi connectivity index (χ1n) is 7.71. The largest absolute Gasteiger partial charge is 0.466 e. The Balaban J connectivity index is 2.46. The average Bonchev–Trinajstić information content (AvgIpc) is 2.56. The van der Waals surface area contributed by atoms with Crippen LogP contribution in [-0.4, -0.2) is 36.7 Å². The summed E-state index contributed by atoms with van der Waals surface area (Å²) in [6.07, 6.45) is -0.691. The SMILES string of the molecule is CCOC(=O)CC1=C(CC(=O)OCC)C(=O)c2ccccc2C1=O. The van der Waals surface area contributed by atoms with Gasteiger partial charge in [0.25, 0.3) is 0 Å². The average molecular weight is 330 g/mol. The van der Waals surface area contributed by atoms with E-state index in [0.29, 0.717) is 0 Å². The molecule has 0 fully saturated rings. The fraction of sp³-hybridized carbons (Fsp3) is 0.333. The molecule has 1 aromatic rings. The molecule has 0 unspecified atom stereocenters. The molecule has 0 spiro atoms. The molecular weight excluding hydrogens is 312 g/mol. The van der Waals surface area contributed by atoms with Crippen molar-refractivity contribution >= 4 is 23.5 Å². The lowest BCUT2D eigenvalue weighted by molar-refractivity contribution is -0.143. The van der Waals surface area contributed by atoms with Crippen LogP contribution in [0.2, 0.25) is 0 Å². The highest BCUT2D eigenvalue weighted by molar-refractivity contribution is 6.28. The van der Waals surface area contributed by atoms with Crippen LogP contribution in [0, 0.1) is 0 Å². The maximum absolute atomic E-state index is 12.7. The molecule has 1 aromatic carbocycles. The molecule has 0 heterocycles. The molecule has 0 atom stereocenters. The van der Waals surface area contributed by atoms with Gasteiger partial charge in [-0.2, -0.15) is 0 Å². The van der Waals surface area contributed by atoms with Crippen LogP contribution in [0.3, 0.4) is 0 Å². The molecule has 6 heteroatoms. The molecule has 0 aromatic heterocycles. The zero-order chi connectivity index (χ0) is 17.7. The smallest absolute Gasteiger partial charge is 0.310 e. The van der Waals surface area contributed by atoms with E-state index in [0.717, 1.165) is 0 Å². The zero-order valence-corrected chi connectivity index (χ0v) is 13.6. The molecule has 1 aliphatic rings. The highest BCUT2D eigenvalue weighted by Gasteiger charge is 2.34. The number of benzene rings is 1. The summed E-state index contributed by atoms with van der Waals surface area (Å²) in [6.45, 7) is 3.62. The van der Waals surface area contributed by atoms with E-state index >= 15 is 0 Å². The van der Waals surface area contributed by atoms with E-state index in [1.54, 1.807) is 26.0 Å². The van der Waals surface area contributed by atoms with Crippen LogP contribution >= 0.6 is 0 Å². The van der Waals surface area contributed by atoms with Crippen LogP contribution in [0.4, 0.5) is 0 Å². The maximum Gasteiger partial charge on any atom is 0.310 e. The topological polar surface area (TPSA) is 86.7 Å². The number of carbonyl (C=O) groups excluding carboxylic acids is 4. The number of rotatable bonds is 6. The van der Waals surface area contributed by atoms with Crippen LogP contribution in [0.1, 0.15) is 47.4 Å². The Bertz CT molecular complexity index is 668. The predicted molar refractivity (Wildman–Crippen MR) is 84.6 cm³/mol. The summed E-state index contributed by atoms with van der Waals surface area (Å²) in [7, 11) is 0. The van der Waals surface area contributed by atoms with Crippen molar-refractivity contribution < 1.29 is 28.7 Å². The molecule has 1 aliphatic carbocycles. The lowest BCUT2D eigenvalue weighted by atomic mass is 9.81. The van der Waals surface area contributed by atoms with Crippen LogP contribution in [0.5, 0.6) is 0 Å². The van der Waals surface area contributed by atoms with E-state index in [9.17, 15) is 19.2 Å². The zero-order valence-electron chi connectivity index (χ0n) is 13.6. The number of ketones is 2. The third-order valence-electron chi connectivity index (χ3n) is 3.58. The van der Waals surface area contributed by atoms with Crippen LogP contribution < -0.4 is 0 Å². The van der Waals surface area contributed by atoms with Gasteiger partial charge in [-0.1, -0.05) is 24.3 Å². The van der Waals surface area contributed by atoms with Gasteiger partial charge < -0.3 is 9.47 Å². The van der Waals surface area contributed by atoms with Crippen LogP contribution in [0.25, 0.3) is 0 Å². The third-order valence-corrected chi connectivity index (χ3v) is 3.58. The molecule has 2 rings (SSSR count). The minimum absolute atomic E-state index is 0.00482. The van der Waals surface area contributed by atoms with Gasteiger partial charge in [0.2, 0.25) is 0 Å². The van der Waals surface area contributed by atoms with Gasteiger partial charge >= 0.3 is 11.9 Å². The predicted octanol–water partition coefficient (Wildman–Crippen LogP) is 2.27. The molecule has 0 aliphatic heterocycles. The van der Waals surface area contributed by atoms with E-state index in [1.165, 1.54) is 12.1 Å². The second-order valence-electron chi connectivity index (χ2n) is 5.12. The number of Topliss-reactive ketones (excluding diaryl/α,β-unsaturated/α-hetero) is 2. The van der Waals surface area contributed by atoms with E-state index in [-0.39, 0.29) is 48.3 Å². The fourth-order valence-electron chi connectivity index (χ4n) is 2.56. The highest BCUT2D eigenvalue weighted by Crippen LogP contribution is 2.30. The first-order chi connectivity index (χ1) is 11.5. The van der Waals surface area contributed by atoms with E-state index in [1.807, 2.05) is 0 Å². The molecule has 0 bridgehead atoms. The number of hydrogen-bond donors (Lipinski definition) is 0. The van der Waals surface area contributed by atoms with Crippen molar-refractivity contribution in [3.8, 4) is 0 Å². The second kappa shape index (κ2) is 7.68. The van der Waals surface area contributed by atoms with E-state index in [4.69, 9.17) is 9.47 Å². The summed E-state index contributed by atoms with van der Waals surface area (Å²) in [6, 6.07) is 6.34. The van der Waals surface area contributed by atoms with Gasteiger partial charge in [-0.05, 0) is 13.8 Å². The number of fused-ring (bicyclic) bond motifs is 1. The molecule has 0 saturated carbocycles. The summed E-state index contributed by atoms with van der Waals surface area (Å²) >= 11 is 0. The summed E-state index contributed by atoms with van der Waals surface area (Å²) in [5, 5.41) is 0. The Morgan fingerprint density at radius 3 is 1.50 bits per heavy atom. The van der Waals surface area contributed by atoms with E-state index in [2.05, 4.69) is 0 Å². The van der Waals surface area contributed by atoms with Gasteiger partial charge in [0.15, 0.2) is 11.6 Å². The van der Waals surface area contributed by atoms with Gasteiger partial charge in [0.1, 0.15) is 0 Å². The van der Waals surface area contributed by atoms with Gasteiger partial charge in [-0.3, -0.25) is 19.2 Å². The van der Waals surface area contributed by atoms with Crippen molar-refractivity contribution in [2.24, 2.45) is 0 Å². The Morgan fingerprint density at radius 2 is 1.17 bits per heavy atom. The minimum Gasteiger partial charge on any atom is -0.466 e. The standard InChI is InChI=1S/C18H18O6/c1-3-23-15(19)9-13-14(10-16(20)24-4-2)18(22)12-8-6-5-7-11(12)17(13)21/h5-8H,3-4,9-10H2,1-2H3. The molecule has 0 saturated heterocycles. The lowest BCUT2D eigenvalue weighted by Crippen LogP contribution is -2.26. The summed E-state index contributed by atoms with van der Waals surface area (Å²) < 4.78 is 9.73. The van der Waals surface area contributed by atoms with Crippen molar-refractivity contribution in [3.63, 3.8) is 0 Å². The molecular formula is C18H18O6.